The molecule has 222 valence electrons. The fourth-order valence-electron chi connectivity index (χ4n) is 7.07. The Morgan fingerprint density at radius 3 is 2.67 bits per heavy atom. The molecular formula is C30H36N6O5S. The second kappa shape index (κ2) is 11.2. The van der Waals surface area contributed by atoms with Crippen LogP contribution in [-0.2, 0) is 21.1 Å². The number of carbonyl (C=O) groups excluding carboxylic acids is 3. The Morgan fingerprint density at radius 2 is 1.90 bits per heavy atom. The van der Waals surface area contributed by atoms with Crippen molar-refractivity contribution in [2.75, 3.05) is 25.1 Å². The lowest BCUT2D eigenvalue weighted by Gasteiger charge is -2.34. The van der Waals surface area contributed by atoms with Crippen LogP contribution in [0.4, 0.5) is 5.69 Å². The second-order valence-electron chi connectivity index (χ2n) is 11.4. The summed E-state index contributed by atoms with van der Waals surface area (Å²) >= 11 is 1.63. The first-order valence-corrected chi connectivity index (χ1v) is 15.3. The first-order valence-electron chi connectivity index (χ1n) is 14.5. The molecule has 5 atom stereocenters. The number of aromatic nitrogens is 3. The van der Waals surface area contributed by atoms with Crippen molar-refractivity contribution < 1.29 is 24.2 Å². The molecule has 0 aliphatic carbocycles. The summed E-state index contributed by atoms with van der Waals surface area (Å²) in [5.74, 6) is -1.14. The molecule has 3 N–H and O–H groups in total. The van der Waals surface area contributed by atoms with E-state index in [1.54, 1.807) is 45.6 Å². The van der Waals surface area contributed by atoms with Crippen LogP contribution in [0.25, 0.3) is 11.0 Å². The average molecular weight is 593 g/mol. The van der Waals surface area contributed by atoms with Gasteiger partial charge in [-0.2, -0.15) is 0 Å². The lowest BCUT2D eigenvalue weighted by molar-refractivity contribution is -0.139. The molecule has 3 saturated heterocycles. The van der Waals surface area contributed by atoms with Crippen molar-refractivity contribution in [3.63, 3.8) is 0 Å². The second-order valence-corrected chi connectivity index (χ2v) is 13.3. The molecule has 11 nitrogen and oxygen atoms in total. The zero-order valence-corrected chi connectivity index (χ0v) is 24.6. The monoisotopic (exact) mass is 592 g/mol. The SMILES string of the molecule is CCOc1ccc(NC(=O)[C@@H]2[C@H]3C(=O)N(CCCCO)C(C(=O)NCn4nnc5ccccc54)C34CC[C@@]2(C)S4)cc1. The first-order chi connectivity index (χ1) is 20.3. The molecule has 12 heteroatoms. The number of hydrogen-bond acceptors (Lipinski definition) is 8. The normalized spacial score (nSPS) is 27.8. The minimum Gasteiger partial charge on any atom is -0.494 e. The zero-order valence-electron chi connectivity index (χ0n) is 23.8. The highest BCUT2D eigenvalue weighted by Crippen LogP contribution is 2.71. The van der Waals surface area contributed by atoms with Crippen molar-refractivity contribution >= 4 is 46.2 Å². The predicted molar refractivity (Wildman–Crippen MR) is 159 cm³/mol. The van der Waals surface area contributed by atoms with E-state index in [1.807, 2.05) is 38.1 Å². The summed E-state index contributed by atoms with van der Waals surface area (Å²) in [5, 5.41) is 23.8. The average Bonchev–Trinajstić information content (AvgIpc) is 3.69. The van der Waals surface area contributed by atoms with Crippen LogP contribution in [0.1, 0.15) is 39.5 Å². The number of aliphatic hydroxyl groups is 1. The number of fused-ring (bicyclic) bond motifs is 2. The van der Waals surface area contributed by atoms with E-state index < -0.39 is 27.4 Å². The molecule has 4 heterocycles. The Morgan fingerprint density at radius 1 is 1.12 bits per heavy atom. The van der Waals surface area contributed by atoms with Crippen LogP contribution in [0, 0.1) is 11.8 Å². The van der Waals surface area contributed by atoms with E-state index in [0.717, 1.165) is 17.5 Å². The highest BCUT2D eigenvalue weighted by atomic mass is 32.2. The molecular weight excluding hydrogens is 556 g/mol. The lowest BCUT2D eigenvalue weighted by Crippen LogP contribution is -2.54. The molecule has 1 spiro atoms. The van der Waals surface area contributed by atoms with E-state index in [4.69, 9.17) is 4.74 Å². The van der Waals surface area contributed by atoms with Crippen molar-refractivity contribution in [1.29, 1.82) is 0 Å². The van der Waals surface area contributed by atoms with Gasteiger partial charge in [-0.3, -0.25) is 14.4 Å². The molecule has 2 unspecified atom stereocenters. The van der Waals surface area contributed by atoms with Crippen molar-refractivity contribution in [1.82, 2.24) is 25.2 Å². The third-order valence-electron chi connectivity index (χ3n) is 8.87. The van der Waals surface area contributed by atoms with Gasteiger partial charge in [-0.1, -0.05) is 17.3 Å². The highest BCUT2D eigenvalue weighted by molar-refractivity contribution is 8.02. The van der Waals surface area contributed by atoms with Crippen molar-refractivity contribution in [2.24, 2.45) is 11.8 Å². The molecule has 0 saturated carbocycles. The first kappa shape index (κ1) is 28.5. The standard InChI is InChI=1S/C30H36N6O5S/c1-3-41-20-12-10-19(11-13-20)32-26(38)23-24-28(40)35(16-6-7-17-37)25(30(24)15-14-29(23,2)42-30)27(39)31-18-36-22-9-5-4-8-21(22)33-34-36/h4-5,8-13,23-25,37H,3,6-7,14-18H2,1-2H3,(H,31,39)(H,32,38)/t23-,24-,25?,29+,30?/m0/s1. The number of para-hydroxylation sites is 1. The largest absolute Gasteiger partial charge is 0.494 e. The topological polar surface area (TPSA) is 139 Å². The Hall–Kier alpha value is -3.64. The maximum Gasteiger partial charge on any atom is 0.245 e. The summed E-state index contributed by atoms with van der Waals surface area (Å²) in [6, 6.07) is 14.0. The van der Waals surface area contributed by atoms with E-state index in [2.05, 4.69) is 20.9 Å². The van der Waals surface area contributed by atoms with Gasteiger partial charge in [0, 0.05) is 23.6 Å². The molecule has 3 amide bonds. The molecule has 42 heavy (non-hydrogen) atoms. The van der Waals surface area contributed by atoms with Crippen LogP contribution in [-0.4, -0.2) is 78.0 Å². The van der Waals surface area contributed by atoms with Gasteiger partial charge in [0.2, 0.25) is 17.7 Å². The summed E-state index contributed by atoms with van der Waals surface area (Å²) in [6.07, 6.45) is 2.48. The molecule has 3 aliphatic heterocycles. The minimum absolute atomic E-state index is 0.00672. The summed E-state index contributed by atoms with van der Waals surface area (Å²) < 4.78 is 5.94. The maximum atomic E-state index is 14.2. The summed E-state index contributed by atoms with van der Waals surface area (Å²) in [4.78, 5) is 43.7. The van der Waals surface area contributed by atoms with Gasteiger partial charge in [0.15, 0.2) is 0 Å². The Kier molecular flexibility index (Phi) is 7.61. The number of rotatable bonds is 11. The fourth-order valence-corrected chi connectivity index (χ4v) is 9.42. The maximum absolute atomic E-state index is 14.2. The van der Waals surface area contributed by atoms with Gasteiger partial charge in [0.05, 0.1) is 28.7 Å². The molecule has 1 aromatic heterocycles. The number of thioether (sulfide) groups is 1. The van der Waals surface area contributed by atoms with Crippen LogP contribution in [0.2, 0.25) is 0 Å². The Balaban J connectivity index is 1.27. The van der Waals surface area contributed by atoms with Crippen LogP contribution in [0.5, 0.6) is 5.75 Å². The number of anilines is 1. The highest BCUT2D eigenvalue weighted by Gasteiger charge is 2.77. The molecule has 3 aliphatic rings. The van der Waals surface area contributed by atoms with Gasteiger partial charge >= 0.3 is 0 Å². The van der Waals surface area contributed by atoms with Crippen LogP contribution >= 0.6 is 11.8 Å². The number of unbranched alkanes of at least 4 members (excludes halogenated alkanes) is 1. The summed E-state index contributed by atoms with van der Waals surface area (Å²) in [5.41, 5.74) is 2.16. The number of nitrogens with zero attached hydrogens (tertiary/aromatic N) is 4. The smallest absolute Gasteiger partial charge is 0.245 e. The molecule has 2 aromatic carbocycles. The summed E-state index contributed by atoms with van der Waals surface area (Å²) in [7, 11) is 0. The van der Waals surface area contributed by atoms with Gasteiger partial charge in [0.1, 0.15) is 24.0 Å². The van der Waals surface area contributed by atoms with Gasteiger partial charge in [-0.25, -0.2) is 4.68 Å². The van der Waals surface area contributed by atoms with Crippen LogP contribution < -0.4 is 15.4 Å². The molecule has 3 fully saturated rings. The third-order valence-corrected chi connectivity index (χ3v) is 10.9. The Labute approximate surface area is 248 Å². The van der Waals surface area contributed by atoms with Gasteiger partial charge in [0.25, 0.3) is 0 Å². The predicted octanol–water partition coefficient (Wildman–Crippen LogP) is 2.80. The molecule has 2 bridgehead atoms. The molecule has 3 aromatic rings. The number of likely N-dealkylation sites (tertiary alicyclic amines) is 1. The third kappa shape index (κ3) is 4.70. The number of amides is 3. The van der Waals surface area contributed by atoms with Crippen molar-refractivity contribution in [3.05, 3.63) is 48.5 Å². The van der Waals surface area contributed by atoms with E-state index in [1.165, 1.54) is 0 Å². The van der Waals surface area contributed by atoms with Crippen molar-refractivity contribution in [2.45, 2.75) is 61.7 Å². The van der Waals surface area contributed by atoms with E-state index in [-0.39, 0.29) is 31.0 Å². The minimum atomic E-state index is -0.737. The van der Waals surface area contributed by atoms with E-state index >= 15 is 0 Å². The zero-order chi connectivity index (χ0) is 29.5. The number of nitrogens with one attached hydrogen (secondary N) is 2. The number of ether oxygens (including phenoxy) is 1. The van der Waals surface area contributed by atoms with E-state index in [0.29, 0.717) is 43.9 Å². The number of carbonyl (C=O) groups is 3. The summed E-state index contributed by atoms with van der Waals surface area (Å²) in [6.45, 7) is 4.97. The number of aliphatic hydroxyl groups excluding tert-OH is 1. The molecule has 6 rings (SSSR count). The number of benzene rings is 2. The lowest BCUT2D eigenvalue weighted by atomic mass is 9.66. The van der Waals surface area contributed by atoms with Crippen LogP contribution in [0.3, 0.4) is 0 Å². The fraction of sp³-hybridized carbons (Fsp3) is 0.500. The van der Waals surface area contributed by atoms with Gasteiger partial charge in [-0.15, -0.1) is 16.9 Å². The molecule has 0 radical (unpaired) electrons. The number of hydrogen-bond donors (Lipinski definition) is 3. The van der Waals surface area contributed by atoms with Crippen LogP contribution in [0.15, 0.2) is 48.5 Å². The van der Waals surface area contributed by atoms with Gasteiger partial charge < -0.3 is 25.4 Å². The quantitative estimate of drug-likeness (QED) is 0.289. The van der Waals surface area contributed by atoms with Crippen molar-refractivity contribution in [3.8, 4) is 5.75 Å². The Bertz CT molecular complexity index is 1500. The van der Waals surface area contributed by atoms with Gasteiger partial charge in [-0.05, 0) is 75.9 Å². The van der Waals surface area contributed by atoms with E-state index in [9.17, 15) is 19.5 Å².